The standard InChI is InChI=1S/C6H12OS/c1-5(2)3-6(8)4-7/h4-6,8H,3H2,1-2H3/t6-/m1/s1. The van der Waals surface area contributed by atoms with Gasteiger partial charge in [-0.15, -0.1) is 0 Å². The molecule has 0 saturated carbocycles. The van der Waals surface area contributed by atoms with Gasteiger partial charge in [0.15, 0.2) is 0 Å². The molecule has 0 aromatic rings. The Hall–Kier alpha value is 0.0200. The number of hydrogen-bond acceptors (Lipinski definition) is 2. The summed E-state index contributed by atoms with van der Waals surface area (Å²) in [6.07, 6.45) is 1.76. The molecule has 8 heavy (non-hydrogen) atoms. The summed E-state index contributed by atoms with van der Waals surface area (Å²) in [4.78, 5) is 9.96. The maximum absolute atomic E-state index is 9.96. The first-order valence-electron chi connectivity index (χ1n) is 2.80. The van der Waals surface area contributed by atoms with Crippen molar-refractivity contribution in [2.45, 2.75) is 25.5 Å². The van der Waals surface area contributed by atoms with Crippen molar-refractivity contribution in [2.24, 2.45) is 5.92 Å². The van der Waals surface area contributed by atoms with Crippen molar-refractivity contribution in [1.29, 1.82) is 0 Å². The molecular weight excluding hydrogens is 120 g/mol. The van der Waals surface area contributed by atoms with Crippen molar-refractivity contribution < 1.29 is 4.79 Å². The Morgan fingerprint density at radius 1 is 1.62 bits per heavy atom. The SMILES string of the molecule is CC(C)C[C@@H](S)C=O. The molecule has 0 aliphatic heterocycles. The largest absolute Gasteiger partial charge is 0.302 e. The van der Waals surface area contributed by atoms with Crippen LogP contribution in [0.5, 0.6) is 0 Å². The van der Waals surface area contributed by atoms with Crippen molar-refractivity contribution in [2.75, 3.05) is 0 Å². The third kappa shape index (κ3) is 4.19. The van der Waals surface area contributed by atoms with Crippen LogP contribution in [0.4, 0.5) is 0 Å². The number of carbonyl (C=O) groups excluding carboxylic acids is 1. The second-order valence-corrected chi connectivity index (χ2v) is 3.00. The van der Waals surface area contributed by atoms with Crippen LogP contribution in [-0.2, 0) is 4.79 Å². The predicted molar refractivity (Wildman–Crippen MR) is 38.3 cm³/mol. The maximum atomic E-state index is 9.96. The van der Waals surface area contributed by atoms with Crippen molar-refractivity contribution in [3.8, 4) is 0 Å². The van der Waals surface area contributed by atoms with Crippen molar-refractivity contribution in [3.63, 3.8) is 0 Å². The normalized spacial score (nSPS) is 14.0. The van der Waals surface area contributed by atoms with Gasteiger partial charge >= 0.3 is 0 Å². The minimum atomic E-state index is -0.0602. The van der Waals surface area contributed by atoms with E-state index in [1.807, 2.05) is 0 Å². The molecule has 0 radical (unpaired) electrons. The van der Waals surface area contributed by atoms with Gasteiger partial charge in [-0.25, -0.2) is 0 Å². The first kappa shape index (κ1) is 8.02. The lowest BCUT2D eigenvalue weighted by molar-refractivity contribution is -0.107. The van der Waals surface area contributed by atoms with E-state index in [1.165, 1.54) is 0 Å². The molecule has 0 aromatic heterocycles. The molecule has 0 fully saturated rings. The third-order valence-corrected chi connectivity index (χ3v) is 1.20. The fourth-order valence-electron chi connectivity index (χ4n) is 0.539. The van der Waals surface area contributed by atoms with Gasteiger partial charge in [0, 0.05) is 0 Å². The molecule has 0 heterocycles. The van der Waals surface area contributed by atoms with Crippen LogP contribution in [0.3, 0.4) is 0 Å². The molecule has 1 atom stereocenters. The Kier molecular flexibility index (Phi) is 3.97. The number of aldehydes is 1. The molecule has 0 aliphatic rings. The van der Waals surface area contributed by atoms with Crippen LogP contribution in [0.25, 0.3) is 0 Å². The van der Waals surface area contributed by atoms with Crippen LogP contribution >= 0.6 is 12.6 Å². The molecule has 0 bridgehead atoms. The number of rotatable bonds is 3. The number of thiol groups is 1. The lowest BCUT2D eigenvalue weighted by atomic mass is 10.1. The Labute approximate surface area is 55.9 Å². The van der Waals surface area contributed by atoms with E-state index in [0.717, 1.165) is 12.7 Å². The summed E-state index contributed by atoms with van der Waals surface area (Å²) in [6.45, 7) is 4.15. The average molecular weight is 132 g/mol. The minimum Gasteiger partial charge on any atom is -0.302 e. The van der Waals surface area contributed by atoms with Crippen LogP contribution in [0, 0.1) is 5.92 Å². The molecule has 48 valence electrons. The molecule has 1 nitrogen and oxygen atoms in total. The predicted octanol–water partition coefficient (Wildman–Crippen LogP) is 1.53. The Morgan fingerprint density at radius 3 is 2.25 bits per heavy atom. The van der Waals surface area contributed by atoms with E-state index in [0.29, 0.717) is 5.92 Å². The minimum absolute atomic E-state index is 0.0602. The summed E-state index contributed by atoms with van der Waals surface area (Å²) in [5.41, 5.74) is 0. The van der Waals surface area contributed by atoms with Gasteiger partial charge in [-0.3, -0.25) is 0 Å². The first-order valence-corrected chi connectivity index (χ1v) is 3.31. The highest BCUT2D eigenvalue weighted by Gasteiger charge is 2.01. The molecule has 0 unspecified atom stereocenters. The molecule has 0 aliphatic carbocycles. The molecule has 0 N–H and O–H groups in total. The summed E-state index contributed by atoms with van der Waals surface area (Å²) in [7, 11) is 0. The van der Waals surface area contributed by atoms with E-state index in [9.17, 15) is 4.79 Å². The molecule has 0 rings (SSSR count). The number of carbonyl (C=O) groups is 1. The van der Waals surface area contributed by atoms with Crippen LogP contribution in [0.1, 0.15) is 20.3 Å². The molecule has 0 saturated heterocycles. The summed E-state index contributed by atoms with van der Waals surface area (Å²) in [5, 5.41) is -0.0602. The van der Waals surface area contributed by atoms with Crippen molar-refractivity contribution in [1.82, 2.24) is 0 Å². The van der Waals surface area contributed by atoms with Crippen LogP contribution in [0.2, 0.25) is 0 Å². The van der Waals surface area contributed by atoms with Gasteiger partial charge in [-0.2, -0.15) is 12.6 Å². The quantitative estimate of drug-likeness (QED) is 0.455. The van der Waals surface area contributed by atoms with Gasteiger partial charge < -0.3 is 4.79 Å². The number of hydrogen-bond donors (Lipinski definition) is 1. The zero-order valence-electron chi connectivity index (χ0n) is 5.29. The second-order valence-electron chi connectivity index (χ2n) is 2.33. The average Bonchev–Trinajstić information content (AvgIpc) is 1.65. The monoisotopic (exact) mass is 132 g/mol. The van der Waals surface area contributed by atoms with E-state index in [-0.39, 0.29) is 5.25 Å². The second kappa shape index (κ2) is 3.96. The van der Waals surface area contributed by atoms with E-state index in [2.05, 4.69) is 26.5 Å². The van der Waals surface area contributed by atoms with Gasteiger partial charge in [0.05, 0.1) is 5.25 Å². The summed E-state index contributed by atoms with van der Waals surface area (Å²) >= 11 is 4.00. The highest BCUT2D eigenvalue weighted by Crippen LogP contribution is 2.06. The summed E-state index contributed by atoms with van der Waals surface area (Å²) < 4.78 is 0. The van der Waals surface area contributed by atoms with Gasteiger partial charge in [-0.05, 0) is 12.3 Å². The fourth-order valence-corrected chi connectivity index (χ4v) is 0.960. The van der Waals surface area contributed by atoms with E-state index in [1.54, 1.807) is 0 Å². The zero-order valence-corrected chi connectivity index (χ0v) is 6.19. The van der Waals surface area contributed by atoms with Crippen LogP contribution in [-0.4, -0.2) is 11.5 Å². The van der Waals surface area contributed by atoms with E-state index >= 15 is 0 Å². The Balaban J connectivity index is 3.23. The maximum Gasteiger partial charge on any atom is 0.132 e. The molecular formula is C6H12OS. The lowest BCUT2D eigenvalue weighted by Crippen LogP contribution is -2.03. The Bertz CT molecular complexity index is 70.9. The van der Waals surface area contributed by atoms with Crippen molar-refractivity contribution >= 4 is 18.9 Å². The van der Waals surface area contributed by atoms with Crippen LogP contribution < -0.4 is 0 Å². The van der Waals surface area contributed by atoms with Gasteiger partial charge in [0.1, 0.15) is 6.29 Å². The molecule has 0 spiro atoms. The molecule has 0 aromatic carbocycles. The van der Waals surface area contributed by atoms with E-state index < -0.39 is 0 Å². The summed E-state index contributed by atoms with van der Waals surface area (Å²) in [6, 6.07) is 0. The zero-order chi connectivity index (χ0) is 6.57. The highest BCUT2D eigenvalue weighted by molar-refractivity contribution is 7.81. The fraction of sp³-hybridized carbons (Fsp3) is 0.833. The summed E-state index contributed by atoms with van der Waals surface area (Å²) in [5.74, 6) is 0.572. The smallest absolute Gasteiger partial charge is 0.132 e. The van der Waals surface area contributed by atoms with Gasteiger partial charge in [-0.1, -0.05) is 13.8 Å². The van der Waals surface area contributed by atoms with Gasteiger partial charge in [0.2, 0.25) is 0 Å². The topological polar surface area (TPSA) is 17.1 Å². The van der Waals surface area contributed by atoms with Crippen molar-refractivity contribution in [3.05, 3.63) is 0 Å². The first-order chi connectivity index (χ1) is 3.66. The molecule has 2 heteroatoms. The van der Waals surface area contributed by atoms with E-state index in [4.69, 9.17) is 0 Å². The third-order valence-electron chi connectivity index (χ3n) is 0.870. The Morgan fingerprint density at radius 2 is 2.12 bits per heavy atom. The molecule has 0 amide bonds. The van der Waals surface area contributed by atoms with Crippen LogP contribution in [0.15, 0.2) is 0 Å². The highest BCUT2D eigenvalue weighted by atomic mass is 32.1. The van der Waals surface area contributed by atoms with Gasteiger partial charge in [0.25, 0.3) is 0 Å². The lowest BCUT2D eigenvalue weighted by Gasteiger charge is -2.03.